The summed E-state index contributed by atoms with van der Waals surface area (Å²) >= 11 is 0. The van der Waals surface area contributed by atoms with Crippen LogP contribution in [0.5, 0.6) is 5.75 Å². The van der Waals surface area contributed by atoms with E-state index in [4.69, 9.17) is 20.5 Å². The van der Waals surface area contributed by atoms with E-state index in [1.54, 1.807) is 6.07 Å². The molecule has 0 aliphatic carbocycles. The average molecular weight is 322 g/mol. The number of benzene rings is 2. The van der Waals surface area contributed by atoms with Gasteiger partial charge in [-0.05, 0) is 29.3 Å². The van der Waals surface area contributed by atoms with Crippen molar-refractivity contribution in [3.63, 3.8) is 0 Å². The largest absolute Gasteiger partial charge is 0.492 e. The monoisotopic (exact) mass is 322 g/mol. The Morgan fingerprint density at radius 1 is 1.29 bits per heavy atom. The van der Waals surface area contributed by atoms with Gasteiger partial charge < -0.3 is 15.2 Å². The molecule has 1 amide bonds. The number of ether oxygens (including phenoxy) is 2. The number of nitriles is 1. The fourth-order valence-electron chi connectivity index (χ4n) is 2.92. The summed E-state index contributed by atoms with van der Waals surface area (Å²) in [5, 5.41) is 9.04. The van der Waals surface area contributed by atoms with Gasteiger partial charge in [-0.1, -0.05) is 38.1 Å². The molecule has 2 N–H and O–H groups in total. The molecule has 0 spiro atoms. The van der Waals surface area contributed by atoms with E-state index >= 15 is 0 Å². The first-order valence-electron chi connectivity index (χ1n) is 7.64. The molecule has 0 bridgehead atoms. The van der Waals surface area contributed by atoms with Crippen molar-refractivity contribution in [2.45, 2.75) is 20.0 Å². The van der Waals surface area contributed by atoms with Gasteiger partial charge in [-0.15, -0.1) is 0 Å². The van der Waals surface area contributed by atoms with E-state index in [1.807, 2.05) is 50.2 Å². The summed E-state index contributed by atoms with van der Waals surface area (Å²) < 4.78 is 11.2. The molecule has 0 radical (unpaired) electrons. The molecule has 0 aromatic heterocycles. The Bertz CT molecular complexity index is 837. The number of fused-ring (bicyclic) bond motifs is 1. The van der Waals surface area contributed by atoms with Crippen LogP contribution in [0.25, 0.3) is 11.1 Å². The van der Waals surface area contributed by atoms with E-state index in [2.05, 4.69) is 6.07 Å². The summed E-state index contributed by atoms with van der Waals surface area (Å²) in [5.41, 5.74) is 8.11. The van der Waals surface area contributed by atoms with Gasteiger partial charge >= 0.3 is 6.09 Å². The van der Waals surface area contributed by atoms with Crippen molar-refractivity contribution in [1.29, 1.82) is 5.26 Å². The van der Waals surface area contributed by atoms with Crippen molar-refractivity contribution in [1.82, 2.24) is 0 Å². The van der Waals surface area contributed by atoms with Gasteiger partial charge in [0.15, 0.2) is 0 Å². The smallest absolute Gasteiger partial charge is 0.405 e. The average Bonchev–Trinajstić information content (AvgIpc) is 2.57. The molecule has 122 valence electrons. The first-order chi connectivity index (χ1) is 11.4. The molecule has 1 aliphatic rings. The number of nitrogens with zero attached hydrogens (tertiary/aromatic N) is 1. The van der Waals surface area contributed by atoms with Crippen LogP contribution < -0.4 is 10.5 Å². The predicted octanol–water partition coefficient (Wildman–Crippen LogP) is 3.78. The number of hydrogen-bond donors (Lipinski definition) is 1. The lowest BCUT2D eigenvalue weighted by Gasteiger charge is -2.38. The molecular formula is C19H18N2O3. The number of nitrogens with two attached hydrogens (primary N) is 1. The van der Waals surface area contributed by atoms with Gasteiger partial charge in [0.25, 0.3) is 0 Å². The fraction of sp³-hybridized carbons (Fsp3) is 0.263. The number of hydrogen-bond acceptors (Lipinski definition) is 4. The Hall–Kier alpha value is -3.00. The highest BCUT2D eigenvalue weighted by Gasteiger charge is 2.40. The second kappa shape index (κ2) is 5.89. The Morgan fingerprint density at radius 2 is 2.04 bits per heavy atom. The summed E-state index contributed by atoms with van der Waals surface area (Å²) in [6.45, 7) is 4.35. The highest BCUT2D eigenvalue weighted by molar-refractivity contribution is 5.69. The topological polar surface area (TPSA) is 85.3 Å². The van der Waals surface area contributed by atoms with E-state index in [-0.39, 0.29) is 5.41 Å². The third-order valence-electron chi connectivity index (χ3n) is 4.16. The van der Waals surface area contributed by atoms with Crippen LogP contribution >= 0.6 is 0 Å². The lowest BCUT2D eigenvalue weighted by Crippen LogP contribution is -2.37. The van der Waals surface area contributed by atoms with Crippen LogP contribution in [-0.2, 0) is 4.74 Å². The lowest BCUT2D eigenvalue weighted by molar-refractivity contribution is -0.0176. The minimum atomic E-state index is -0.799. The second-order valence-corrected chi connectivity index (χ2v) is 6.54. The Labute approximate surface area is 140 Å². The molecule has 1 unspecified atom stereocenters. The molecular weight excluding hydrogens is 304 g/mol. The van der Waals surface area contributed by atoms with Gasteiger partial charge in [0, 0.05) is 11.0 Å². The predicted molar refractivity (Wildman–Crippen MR) is 89.3 cm³/mol. The third kappa shape index (κ3) is 2.91. The molecule has 0 saturated carbocycles. The van der Waals surface area contributed by atoms with Crippen LogP contribution in [0, 0.1) is 16.7 Å². The molecule has 0 fully saturated rings. The van der Waals surface area contributed by atoms with Crippen molar-refractivity contribution < 1.29 is 14.3 Å². The van der Waals surface area contributed by atoms with E-state index in [9.17, 15) is 4.79 Å². The Kier molecular flexibility index (Phi) is 3.90. The van der Waals surface area contributed by atoms with E-state index in [0.29, 0.717) is 17.9 Å². The molecule has 1 aliphatic heterocycles. The summed E-state index contributed by atoms with van der Waals surface area (Å²) in [7, 11) is 0. The van der Waals surface area contributed by atoms with Crippen molar-refractivity contribution >= 4 is 6.09 Å². The maximum Gasteiger partial charge on any atom is 0.405 e. The molecule has 3 rings (SSSR count). The first-order valence-corrected chi connectivity index (χ1v) is 7.64. The molecule has 1 heterocycles. The highest BCUT2D eigenvalue weighted by Crippen LogP contribution is 2.46. The number of primary amides is 1. The van der Waals surface area contributed by atoms with Gasteiger partial charge in [-0.3, -0.25) is 0 Å². The first kappa shape index (κ1) is 15.9. The SMILES string of the molecule is CC1(C)COc2cc(-c3cccc(C#N)c3)ccc2C1OC(N)=O. The van der Waals surface area contributed by atoms with Gasteiger partial charge in [-0.25, -0.2) is 4.79 Å². The van der Waals surface area contributed by atoms with Crippen LogP contribution in [0.3, 0.4) is 0 Å². The Morgan fingerprint density at radius 3 is 2.75 bits per heavy atom. The van der Waals surface area contributed by atoms with Crippen LogP contribution in [0.4, 0.5) is 4.79 Å². The quantitative estimate of drug-likeness (QED) is 0.911. The zero-order chi connectivity index (χ0) is 17.3. The molecule has 0 saturated heterocycles. The van der Waals surface area contributed by atoms with Crippen molar-refractivity contribution in [3.05, 3.63) is 53.6 Å². The van der Waals surface area contributed by atoms with Crippen LogP contribution in [0.2, 0.25) is 0 Å². The molecule has 24 heavy (non-hydrogen) atoms. The molecule has 5 heteroatoms. The van der Waals surface area contributed by atoms with Gasteiger partial charge in [0.1, 0.15) is 11.9 Å². The lowest BCUT2D eigenvalue weighted by atomic mass is 9.80. The van der Waals surface area contributed by atoms with E-state index < -0.39 is 12.2 Å². The minimum absolute atomic E-state index is 0.371. The molecule has 5 nitrogen and oxygen atoms in total. The molecule has 2 aromatic rings. The molecule has 1 atom stereocenters. The number of rotatable bonds is 2. The van der Waals surface area contributed by atoms with Crippen molar-refractivity contribution in [2.24, 2.45) is 11.1 Å². The maximum atomic E-state index is 11.3. The van der Waals surface area contributed by atoms with E-state index in [1.165, 1.54) is 0 Å². The zero-order valence-electron chi connectivity index (χ0n) is 13.6. The van der Waals surface area contributed by atoms with Gasteiger partial charge in [0.05, 0.1) is 18.2 Å². The van der Waals surface area contributed by atoms with Gasteiger partial charge in [0.2, 0.25) is 0 Å². The summed E-state index contributed by atoms with van der Waals surface area (Å²) in [6, 6.07) is 15.2. The normalized spacial score (nSPS) is 18.0. The second-order valence-electron chi connectivity index (χ2n) is 6.54. The van der Waals surface area contributed by atoms with Crippen LogP contribution in [0.15, 0.2) is 42.5 Å². The minimum Gasteiger partial charge on any atom is -0.492 e. The van der Waals surface area contributed by atoms with Crippen LogP contribution in [0.1, 0.15) is 31.1 Å². The highest BCUT2D eigenvalue weighted by atomic mass is 16.6. The number of amides is 1. The van der Waals surface area contributed by atoms with Crippen LogP contribution in [-0.4, -0.2) is 12.7 Å². The van der Waals surface area contributed by atoms with Crippen molar-refractivity contribution in [3.8, 4) is 22.9 Å². The Balaban J connectivity index is 2.02. The van der Waals surface area contributed by atoms with E-state index in [0.717, 1.165) is 16.7 Å². The fourth-order valence-corrected chi connectivity index (χ4v) is 2.92. The maximum absolute atomic E-state index is 11.3. The number of carbonyl (C=O) groups is 1. The summed E-state index contributed by atoms with van der Waals surface area (Å²) in [4.78, 5) is 11.3. The zero-order valence-corrected chi connectivity index (χ0v) is 13.6. The van der Waals surface area contributed by atoms with Gasteiger partial charge in [-0.2, -0.15) is 5.26 Å². The third-order valence-corrected chi connectivity index (χ3v) is 4.16. The number of carbonyl (C=O) groups excluding carboxylic acids is 1. The van der Waals surface area contributed by atoms with Crippen molar-refractivity contribution in [2.75, 3.05) is 6.61 Å². The summed E-state index contributed by atoms with van der Waals surface area (Å²) in [6.07, 6.45) is -1.26. The standard InChI is InChI=1S/C19H18N2O3/c1-19(2)11-23-16-9-14(13-5-3-4-12(8-13)10-20)6-7-15(16)17(19)24-18(21)22/h3-9,17H,11H2,1-2H3,(H2,21,22). The molecule has 2 aromatic carbocycles. The summed E-state index contributed by atoms with van der Waals surface area (Å²) in [5.74, 6) is 0.667.